The van der Waals surface area contributed by atoms with Crippen LogP contribution in [0.2, 0.25) is 0 Å². The molecule has 0 radical (unpaired) electrons. The number of Topliss-reactive ketones (excluding diaryl/α,β-unsaturated/α-hetero) is 1. The van der Waals surface area contributed by atoms with Crippen molar-refractivity contribution in [2.75, 3.05) is 6.61 Å². The Labute approximate surface area is 134 Å². The van der Waals surface area contributed by atoms with Gasteiger partial charge in [-0.15, -0.1) is 0 Å². The van der Waals surface area contributed by atoms with Gasteiger partial charge in [-0.3, -0.25) is 4.79 Å². The summed E-state index contributed by atoms with van der Waals surface area (Å²) in [6.07, 6.45) is 2.16. The van der Waals surface area contributed by atoms with Crippen LogP contribution in [0.3, 0.4) is 0 Å². The summed E-state index contributed by atoms with van der Waals surface area (Å²) in [5.74, 6) is 0.713. The molecule has 0 aromatic heterocycles. The molecule has 0 aliphatic rings. The molecule has 21 heavy (non-hydrogen) atoms. The Balaban J connectivity index is 1.96. The molecule has 0 saturated carbocycles. The standard InChI is InChI=1S/C18H19BrO2/c1-3-4-14-5-7-15(8-6-14)18(20)12-21-16-9-10-17(19)13(2)11-16/h5-11H,3-4,12H2,1-2H3. The van der Waals surface area contributed by atoms with Gasteiger partial charge in [0, 0.05) is 10.0 Å². The maximum absolute atomic E-state index is 12.1. The van der Waals surface area contributed by atoms with Gasteiger partial charge in [0.25, 0.3) is 0 Å². The zero-order chi connectivity index (χ0) is 15.2. The molecule has 0 bridgehead atoms. The number of hydrogen-bond donors (Lipinski definition) is 0. The lowest BCUT2D eigenvalue weighted by Crippen LogP contribution is -2.11. The molecule has 2 nitrogen and oxygen atoms in total. The van der Waals surface area contributed by atoms with Gasteiger partial charge in [-0.2, -0.15) is 0 Å². The van der Waals surface area contributed by atoms with Crippen molar-refractivity contribution in [3.8, 4) is 5.75 Å². The second-order valence-electron chi connectivity index (χ2n) is 5.07. The van der Waals surface area contributed by atoms with E-state index in [1.165, 1.54) is 5.56 Å². The lowest BCUT2D eigenvalue weighted by molar-refractivity contribution is 0.0921. The average molecular weight is 347 g/mol. The van der Waals surface area contributed by atoms with E-state index in [2.05, 4.69) is 22.9 Å². The monoisotopic (exact) mass is 346 g/mol. The fraction of sp³-hybridized carbons (Fsp3) is 0.278. The molecule has 0 aliphatic carbocycles. The topological polar surface area (TPSA) is 26.3 Å². The van der Waals surface area contributed by atoms with Gasteiger partial charge < -0.3 is 4.74 Å². The first-order chi connectivity index (χ1) is 10.1. The highest BCUT2D eigenvalue weighted by Gasteiger charge is 2.07. The highest BCUT2D eigenvalue weighted by molar-refractivity contribution is 9.10. The Hall–Kier alpha value is -1.61. The average Bonchev–Trinajstić information content (AvgIpc) is 2.49. The van der Waals surface area contributed by atoms with Crippen molar-refractivity contribution in [3.05, 3.63) is 63.6 Å². The SMILES string of the molecule is CCCc1ccc(C(=O)COc2ccc(Br)c(C)c2)cc1. The van der Waals surface area contributed by atoms with Crippen LogP contribution in [0.1, 0.15) is 34.8 Å². The van der Waals surface area contributed by atoms with Crippen LogP contribution in [0.4, 0.5) is 0 Å². The summed E-state index contributed by atoms with van der Waals surface area (Å²) in [4.78, 5) is 12.1. The summed E-state index contributed by atoms with van der Waals surface area (Å²) >= 11 is 3.44. The second-order valence-corrected chi connectivity index (χ2v) is 5.92. The van der Waals surface area contributed by atoms with E-state index >= 15 is 0 Å². The van der Waals surface area contributed by atoms with Crippen molar-refractivity contribution >= 4 is 21.7 Å². The smallest absolute Gasteiger partial charge is 0.200 e. The molecule has 0 amide bonds. The number of hydrogen-bond acceptors (Lipinski definition) is 2. The van der Waals surface area contributed by atoms with Crippen LogP contribution in [0, 0.1) is 6.92 Å². The quantitative estimate of drug-likeness (QED) is 0.690. The van der Waals surface area contributed by atoms with E-state index in [-0.39, 0.29) is 12.4 Å². The molecule has 3 heteroatoms. The first-order valence-corrected chi connectivity index (χ1v) is 7.90. The van der Waals surface area contributed by atoms with Gasteiger partial charge >= 0.3 is 0 Å². The maximum atomic E-state index is 12.1. The number of ketones is 1. The third-order valence-corrected chi connectivity index (χ3v) is 4.20. The van der Waals surface area contributed by atoms with Gasteiger partial charge in [0.2, 0.25) is 0 Å². The molecule has 0 atom stereocenters. The van der Waals surface area contributed by atoms with E-state index in [1.54, 1.807) is 0 Å². The van der Waals surface area contributed by atoms with E-state index in [9.17, 15) is 4.79 Å². The predicted molar refractivity (Wildman–Crippen MR) is 89.1 cm³/mol. The summed E-state index contributed by atoms with van der Waals surface area (Å²) in [6, 6.07) is 13.5. The van der Waals surface area contributed by atoms with Crippen molar-refractivity contribution in [2.45, 2.75) is 26.7 Å². The van der Waals surface area contributed by atoms with Crippen LogP contribution >= 0.6 is 15.9 Å². The van der Waals surface area contributed by atoms with Crippen LogP contribution in [-0.2, 0) is 6.42 Å². The second kappa shape index (κ2) is 7.41. The van der Waals surface area contributed by atoms with Crippen molar-refractivity contribution < 1.29 is 9.53 Å². The summed E-state index contributed by atoms with van der Waals surface area (Å²) in [6.45, 7) is 4.20. The van der Waals surface area contributed by atoms with Gasteiger partial charge in [-0.25, -0.2) is 0 Å². The van der Waals surface area contributed by atoms with Crippen LogP contribution < -0.4 is 4.74 Å². The van der Waals surface area contributed by atoms with E-state index in [4.69, 9.17) is 4.74 Å². The number of halogens is 1. The van der Waals surface area contributed by atoms with E-state index < -0.39 is 0 Å². The molecule has 2 rings (SSSR count). The number of rotatable bonds is 6. The predicted octanol–water partition coefficient (Wildman–Crippen LogP) is 4.97. The van der Waals surface area contributed by atoms with Crippen molar-refractivity contribution in [1.82, 2.24) is 0 Å². The molecule has 0 N–H and O–H groups in total. The van der Waals surface area contributed by atoms with Gasteiger partial charge in [0.05, 0.1) is 0 Å². The van der Waals surface area contributed by atoms with Crippen LogP contribution in [0.25, 0.3) is 0 Å². The first kappa shape index (κ1) is 15.8. The molecule has 2 aromatic carbocycles. The van der Waals surface area contributed by atoms with Crippen molar-refractivity contribution in [3.63, 3.8) is 0 Å². The normalized spacial score (nSPS) is 10.4. The number of carbonyl (C=O) groups is 1. The zero-order valence-electron chi connectivity index (χ0n) is 12.4. The number of carbonyl (C=O) groups excluding carboxylic acids is 1. The van der Waals surface area contributed by atoms with E-state index in [0.717, 1.165) is 22.9 Å². The largest absolute Gasteiger partial charge is 0.485 e. The molecule has 0 spiro atoms. The summed E-state index contributed by atoms with van der Waals surface area (Å²) in [5.41, 5.74) is 3.05. The minimum atomic E-state index is -0.00128. The summed E-state index contributed by atoms with van der Waals surface area (Å²) < 4.78 is 6.60. The fourth-order valence-electron chi connectivity index (χ4n) is 2.09. The molecule has 2 aromatic rings. The molecule has 0 heterocycles. The number of ether oxygens (including phenoxy) is 1. The van der Waals surface area contributed by atoms with Crippen LogP contribution in [0.15, 0.2) is 46.9 Å². The third kappa shape index (κ3) is 4.43. The van der Waals surface area contributed by atoms with E-state index in [0.29, 0.717) is 11.3 Å². The molecular formula is C18H19BrO2. The Morgan fingerprint density at radius 2 is 1.86 bits per heavy atom. The third-order valence-electron chi connectivity index (χ3n) is 3.31. The van der Waals surface area contributed by atoms with Crippen molar-refractivity contribution in [1.29, 1.82) is 0 Å². The molecule has 0 saturated heterocycles. The minimum Gasteiger partial charge on any atom is -0.485 e. The molecular weight excluding hydrogens is 328 g/mol. The maximum Gasteiger partial charge on any atom is 0.200 e. The Morgan fingerprint density at radius 3 is 2.48 bits per heavy atom. The fourth-order valence-corrected chi connectivity index (χ4v) is 2.33. The Morgan fingerprint density at radius 1 is 1.14 bits per heavy atom. The van der Waals surface area contributed by atoms with Gasteiger partial charge in [-0.05, 0) is 42.7 Å². The van der Waals surface area contributed by atoms with Crippen LogP contribution in [0.5, 0.6) is 5.75 Å². The Bertz CT molecular complexity index is 618. The highest BCUT2D eigenvalue weighted by atomic mass is 79.9. The highest BCUT2D eigenvalue weighted by Crippen LogP contribution is 2.21. The number of aryl methyl sites for hydroxylation is 2. The van der Waals surface area contributed by atoms with Gasteiger partial charge in [0.1, 0.15) is 5.75 Å². The van der Waals surface area contributed by atoms with Gasteiger partial charge in [-0.1, -0.05) is 53.5 Å². The summed E-state index contributed by atoms with van der Waals surface area (Å²) in [7, 11) is 0. The summed E-state index contributed by atoms with van der Waals surface area (Å²) in [5, 5.41) is 0. The van der Waals surface area contributed by atoms with Gasteiger partial charge in [0.15, 0.2) is 12.4 Å². The Kier molecular flexibility index (Phi) is 5.57. The lowest BCUT2D eigenvalue weighted by atomic mass is 10.1. The van der Waals surface area contributed by atoms with E-state index in [1.807, 2.05) is 49.4 Å². The first-order valence-electron chi connectivity index (χ1n) is 7.11. The number of benzene rings is 2. The van der Waals surface area contributed by atoms with Crippen LogP contribution in [-0.4, -0.2) is 12.4 Å². The lowest BCUT2D eigenvalue weighted by Gasteiger charge is -2.08. The van der Waals surface area contributed by atoms with Crippen molar-refractivity contribution in [2.24, 2.45) is 0 Å². The molecule has 0 fully saturated rings. The zero-order valence-corrected chi connectivity index (χ0v) is 13.9. The molecule has 110 valence electrons. The minimum absolute atomic E-state index is 0.00128. The molecule has 0 unspecified atom stereocenters. The molecule has 0 aliphatic heterocycles.